The highest BCUT2D eigenvalue weighted by molar-refractivity contribution is 7.17. The Kier molecular flexibility index (Phi) is 2.56. The molecule has 2 N–H and O–H groups in total. The lowest BCUT2D eigenvalue weighted by Crippen LogP contribution is -2.16. The number of thiophene rings is 1. The maximum atomic E-state index is 11.8. The smallest absolute Gasteiger partial charge is 0.307 e. The van der Waals surface area contributed by atoms with Gasteiger partial charge in [-0.1, -0.05) is 0 Å². The Hall–Kier alpha value is -1.88. The van der Waals surface area contributed by atoms with Crippen LogP contribution in [-0.4, -0.2) is 17.0 Å². The van der Waals surface area contributed by atoms with E-state index in [4.69, 9.17) is 5.11 Å². The van der Waals surface area contributed by atoms with Crippen LogP contribution in [0.3, 0.4) is 0 Å². The second-order valence-electron chi connectivity index (χ2n) is 4.45. The van der Waals surface area contributed by atoms with Gasteiger partial charge in [0.25, 0.3) is 0 Å². The summed E-state index contributed by atoms with van der Waals surface area (Å²) in [6.07, 6.45) is 0.446. The number of carbonyl (C=O) groups excluding carboxylic acids is 1. The van der Waals surface area contributed by atoms with Crippen LogP contribution in [0.5, 0.6) is 0 Å². The van der Waals surface area contributed by atoms with Gasteiger partial charge in [0, 0.05) is 10.4 Å². The van der Waals surface area contributed by atoms with Gasteiger partial charge in [-0.3, -0.25) is 9.59 Å². The average molecular weight is 261 g/mol. The Balaban J connectivity index is 1.72. The van der Waals surface area contributed by atoms with Gasteiger partial charge < -0.3 is 10.4 Å². The molecule has 0 saturated heterocycles. The van der Waals surface area contributed by atoms with Crippen LogP contribution in [0.25, 0.3) is 10.1 Å². The zero-order chi connectivity index (χ0) is 12.7. The fourth-order valence-corrected chi connectivity index (χ4v) is 2.81. The number of fused-ring (bicyclic) bond motifs is 1. The van der Waals surface area contributed by atoms with Crippen molar-refractivity contribution in [2.75, 3.05) is 5.32 Å². The number of carbonyl (C=O) groups is 2. The first-order valence-electron chi connectivity index (χ1n) is 5.66. The standard InChI is InChI=1S/C13H11NO3S/c15-12(9-6-10(9)13(16)17)14-8-1-2-11-7(5-8)3-4-18-11/h1-5,9-10H,6H2,(H,14,15)(H,16,17)/t9-,10+/m1/s1. The molecule has 1 amide bonds. The van der Waals surface area contributed by atoms with Crippen LogP contribution >= 0.6 is 11.3 Å². The van der Waals surface area contributed by atoms with E-state index in [1.807, 2.05) is 29.6 Å². The minimum absolute atomic E-state index is 0.197. The quantitative estimate of drug-likeness (QED) is 0.892. The first-order chi connectivity index (χ1) is 8.65. The maximum Gasteiger partial charge on any atom is 0.307 e. The zero-order valence-electron chi connectivity index (χ0n) is 9.42. The molecule has 1 heterocycles. The van der Waals surface area contributed by atoms with E-state index in [0.29, 0.717) is 6.42 Å². The molecule has 1 aliphatic carbocycles. The Morgan fingerprint density at radius 1 is 1.28 bits per heavy atom. The van der Waals surface area contributed by atoms with Gasteiger partial charge in [0.05, 0.1) is 11.8 Å². The lowest BCUT2D eigenvalue weighted by molar-refractivity contribution is -0.139. The lowest BCUT2D eigenvalue weighted by atomic mass is 10.2. The normalized spacial score (nSPS) is 21.8. The lowest BCUT2D eigenvalue weighted by Gasteiger charge is -2.04. The Morgan fingerprint density at radius 3 is 2.83 bits per heavy atom. The van der Waals surface area contributed by atoms with E-state index >= 15 is 0 Å². The highest BCUT2D eigenvalue weighted by atomic mass is 32.1. The van der Waals surface area contributed by atoms with Crippen LogP contribution in [0.15, 0.2) is 29.6 Å². The molecule has 92 valence electrons. The van der Waals surface area contributed by atoms with Gasteiger partial charge in [-0.05, 0) is 41.5 Å². The highest BCUT2D eigenvalue weighted by Crippen LogP contribution is 2.39. The topological polar surface area (TPSA) is 66.4 Å². The summed E-state index contributed by atoms with van der Waals surface area (Å²) in [6, 6.07) is 7.70. The molecule has 2 atom stereocenters. The summed E-state index contributed by atoms with van der Waals surface area (Å²) < 4.78 is 1.17. The van der Waals surface area contributed by atoms with Crippen molar-refractivity contribution in [1.29, 1.82) is 0 Å². The Labute approximate surface area is 107 Å². The molecular weight excluding hydrogens is 250 g/mol. The zero-order valence-corrected chi connectivity index (χ0v) is 10.2. The van der Waals surface area contributed by atoms with Crippen molar-refractivity contribution in [3.63, 3.8) is 0 Å². The second-order valence-corrected chi connectivity index (χ2v) is 5.40. The third-order valence-electron chi connectivity index (χ3n) is 3.16. The number of anilines is 1. The summed E-state index contributed by atoms with van der Waals surface area (Å²) in [5.41, 5.74) is 0.724. The Morgan fingerprint density at radius 2 is 2.11 bits per heavy atom. The SMILES string of the molecule is O=C(O)[C@H]1C[C@H]1C(=O)Nc1ccc2sccc2c1. The third kappa shape index (κ3) is 1.97. The predicted molar refractivity (Wildman–Crippen MR) is 69.7 cm³/mol. The van der Waals surface area contributed by atoms with Gasteiger partial charge in [0.2, 0.25) is 5.91 Å². The van der Waals surface area contributed by atoms with Gasteiger partial charge in [-0.25, -0.2) is 0 Å². The summed E-state index contributed by atoms with van der Waals surface area (Å²) in [5.74, 6) is -1.96. The molecule has 18 heavy (non-hydrogen) atoms. The molecule has 2 aromatic rings. The molecule has 1 aromatic heterocycles. The van der Waals surface area contributed by atoms with E-state index in [1.54, 1.807) is 11.3 Å². The number of aliphatic carboxylic acids is 1. The molecule has 1 saturated carbocycles. The number of nitrogens with one attached hydrogen (secondary N) is 1. The number of rotatable bonds is 3. The largest absolute Gasteiger partial charge is 0.481 e. The van der Waals surface area contributed by atoms with Crippen molar-refractivity contribution in [3.8, 4) is 0 Å². The van der Waals surface area contributed by atoms with Crippen LogP contribution in [0, 0.1) is 11.8 Å². The van der Waals surface area contributed by atoms with E-state index < -0.39 is 11.9 Å². The third-order valence-corrected chi connectivity index (χ3v) is 4.06. The van der Waals surface area contributed by atoms with E-state index in [-0.39, 0.29) is 11.8 Å². The van der Waals surface area contributed by atoms with Crippen molar-refractivity contribution in [3.05, 3.63) is 29.6 Å². The molecule has 4 nitrogen and oxygen atoms in total. The Bertz CT molecular complexity index is 634. The van der Waals surface area contributed by atoms with Crippen molar-refractivity contribution < 1.29 is 14.7 Å². The van der Waals surface area contributed by atoms with Crippen LogP contribution in [-0.2, 0) is 9.59 Å². The van der Waals surface area contributed by atoms with Crippen LogP contribution < -0.4 is 5.32 Å². The molecule has 0 aliphatic heterocycles. The summed E-state index contributed by atoms with van der Waals surface area (Å²) in [5, 5.41) is 14.6. The molecular formula is C13H11NO3S. The summed E-state index contributed by atoms with van der Waals surface area (Å²) in [6.45, 7) is 0. The molecule has 1 fully saturated rings. The van der Waals surface area contributed by atoms with E-state index in [2.05, 4.69) is 5.32 Å². The maximum absolute atomic E-state index is 11.8. The van der Waals surface area contributed by atoms with Gasteiger partial charge >= 0.3 is 5.97 Å². The number of carboxylic acids is 1. The van der Waals surface area contributed by atoms with E-state index in [9.17, 15) is 9.59 Å². The minimum Gasteiger partial charge on any atom is -0.481 e. The van der Waals surface area contributed by atoms with Crippen LogP contribution in [0.4, 0.5) is 5.69 Å². The molecule has 0 radical (unpaired) electrons. The van der Waals surface area contributed by atoms with Crippen molar-refractivity contribution in [2.45, 2.75) is 6.42 Å². The number of benzene rings is 1. The molecule has 5 heteroatoms. The van der Waals surface area contributed by atoms with E-state index in [0.717, 1.165) is 11.1 Å². The molecule has 0 spiro atoms. The van der Waals surface area contributed by atoms with Crippen LogP contribution in [0.1, 0.15) is 6.42 Å². The molecule has 3 rings (SSSR count). The molecule has 1 aromatic carbocycles. The van der Waals surface area contributed by atoms with Crippen LogP contribution in [0.2, 0.25) is 0 Å². The van der Waals surface area contributed by atoms with Gasteiger partial charge in [-0.15, -0.1) is 11.3 Å². The molecule has 0 bridgehead atoms. The first-order valence-corrected chi connectivity index (χ1v) is 6.54. The van der Waals surface area contributed by atoms with Gasteiger partial charge in [0.1, 0.15) is 0 Å². The van der Waals surface area contributed by atoms with Crippen molar-refractivity contribution in [2.24, 2.45) is 11.8 Å². The summed E-state index contributed by atoms with van der Waals surface area (Å²) >= 11 is 1.65. The summed E-state index contributed by atoms with van der Waals surface area (Å²) in [7, 11) is 0. The van der Waals surface area contributed by atoms with Gasteiger partial charge in [0.15, 0.2) is 0 Å². The second kappa shape index (κ2) is 4.10. The monoisotopic (exact) mass is 261 g/mol. The fourth-order valence-electron chi connectivity index (χ4n) is 2.04. The minimum atomic E-state index is -0.886. The average Bonchev–Trinajstić information content (AvgIpc) is 3.02. The van der Waals surface area contributed by atoms with Gasteiger partial charge in [-0.2, -0.15) is 0 Å². The predicted octanol–water partition coefficient (Wildman–Crippen LogP) is 2.56. The van der Waals surface area contributed by atoms with E-state index in [1.165, 1.54) is 4.70 Å². The summed E-state index contributed by atoms with van der Waals surface area (Å²) in [4.78, 5) is 22.5. The fraction of sp³-hybridized carbons (Fsp3) is 0.231. The molecule has 1 aliphatic rings. The molecule has 0 unspecified atom stereocenters. The number of hydrogen-bond donors (Lipinski definition) is 2. The first kappa shape index (κ1) is 11.2. The number of carboxylic acid groups (broad SMARTS) is 1. The number of amides is 1. The van der Waals surface area contributed by atoms with Crippen molar-refractivity contribution >= 4 is 39.0 Å². The number of hydrogen-bond acceptors (Lipinski definition) is 3. The van der Waals surface area contributed by atoms with Crippen molar-refractivity contribution in [1.82, 2.24) is 0 Å². The highest BCUT2D eigenvalue weighted by Gasteiger charge is 2.48.